The fourth-order valence-corrected chi connectivity index (χ4v) is 3.90. The summed E-state index contributed by atoms with van der Waals surface area (Å²) in [7, 11) is 3.24. The number of hydrogen-bond donors (Lipinski definition) is 1. The second-order valence-electron chi connectivity index (χ2n) is 5.87. The first-order valence-electron chi connectivity index (χ1n) is 7.70. The van der Waals surface area contributed by atoms with Crippen molar-refractivity contribution in [1.29, 1.82) is 0 Å². The van der Waals surface area contributed by atoms with Crippen LogP contribution < -0.4 is 9.47 Å². The first-order chi connectivity index (χ1) is 10.1. The van der Waals surface area contributed by atoms with Gasteiger partial charge in [-0.3, -0.25) is 0 Å². The Morgan fingerprint density at radius 1 is 1.24 bits per heavy atom. The van der Waals surface area contributed by atoms with E-state index in [-0.39, 0.29) is 0 Å². The number of hydrogen-bond acceptors (Lipinski definition) is 3. The van der Waals surface area contributed by atoms with Crippen LogP contribution in [-0.4, -0.2) is 19.3 Å². The summed E-state index contributed by atoms with van der Waals surface area (Å²) >= 11 is 3.56. The van der Waals surface area contributed by atoms with Gasteiger partial charge in [-0.25, -0.2) is 0 Å². The second kappa shape index (κ2) is 7.50. The molecule has 0 bridgehead atoms. The van der Waals surface area contributed by atoms with Crippen molar-refractivity contribution in [3.8, 4) is 11.5 Å². The van der Waals surface area contributed by atoms with Crippen LogP contribution in [-0.2, 0) is 0 Å². The zero-order valence-electron chi connectivity index (χ0n) is 13.1. The maximum atomic E-state index is 10.8. The molecular weight excluding hydrogens is 332 g/mol. The van der Waals surface area contributed by atoms with Gasteiger partial charge in [0.15, 0.2) is 11.5 Å². The number of aliphatic hydroxyl groups is 1. The first kappa shape index (κ1) is 16.6. The van der Waals surface area contributed by atoms with Gasteiger partial charge < -0.3 is 14.6 Å². The zero-order valence-corrected chi connectivity index (χ0v) is 14.6. The molecule has 4 heteroatoms. The van der Waals surface area contributed by atoms with Crippen molar-refractivity contribution < 1.29 is 14.6 Å². The van der Waals surface area contributed by atoms with Crippen molar-refractivity contribution in [2.45, 2.75) is 45.1 Å². The van der Waals surface area contributed by atoms with Gasteiger partial charge in [0.2, 0.25) is 0 Å². The zero-order chi connectivity index (χ0) is 15.4. The van der Waals surface area contributed by atoms with E-state index in [1.165, 1.54) is 19.3 Å². The van der Waals surface area contributed by atoms with Gasteiger partial charge in [0, 0.05) is 4.47 Å². The summed E-state index contributed by atoms with van der Waals surface area (Å²) in [6.45, 7) is 2.24. The van der Waals surface area contributed by atoms with E-state index in [4.69, 9.17) is 9.47 Å². The molecule has 0 heterocycles. The molecule has 1 aromatic carbocycles. The average Bonchev–Trinajstić information content (AvgIpc) is 2.53. The molecule has 0 spiro atoms. The number of rotatable bonds is 5. The van der Waals surface area contributed by atoms with E-state index in [9.17, 15) is 5.11 Å². The van der Waals surface area contributed by atoms with Crippen molar-refractivity contribution in [2.75, 3.05) is 14.2 Å². The largest absolute Gasteiger partial charge is 0.493 e. The predicted octanol–water partition coefficient (Wildman–Crippen LogP) is 4.72. The van der Waals surface area contributed by atoms with Gasteiger partial charge in [0.25, 0.3) is 0 Å². The van der Waals surface area contributed by atoms with Crippen LogP contribution in [0.4, 0.5) is 0 Å². The van der Waals surface area contributed by atoms with Crippen LogP contribution in [0.5, 0.6) is 11.5 Å². The molecule has 0 radical (unpaired) electrons. The van der Waals surface area contributed by atoms with E-state index < -0.39 is 6.10 Å². The summed E-state index contributed by atoms with van der Waals surface area (Å²) in [4.78, 5) is 0. The maximum Gasteiger partial charge on any atom is 0.161 e. The van der Waals surface area contributed by atoms with E-state index >= 15 is 0 Å². The molecule has 1 N–H and O–H groups in total. The van der Waals surface area contributed by atoms with Gasteiger partial charge in [-0.2, -0.15) is 0 Å². The Hall–Kier alpha value is -0.740. The molecule has 0 aliphatic heterocycles. The Bertz CT molecular complexity index is 475. The quantitative estimate of drug-likeness (QED) is 0.829. The maximum absolute atomic E-state index is 10.8. The molecule has 118 valence electrons. The van der Waals surface area contributed by atoms with Crippen LogP contribution in [0.3, 0.4) is 0 Å². The molecular formula is C17H25BrO3. The monoisotopic (exact) mass is 356 g/mol. The minimum atomic E-state index is -0.450. The van der Waals surface area contributed by atoms with Crippen molar-refractivity contribution in [2.24, 2.45) is 11.8 Å². The Balaban J connectivity index is 2.23. The number of halogens is 1. The third-order valence-electron chi connectivity index (χ3n) is 4.67. The summed E-state index contributed by atoms with van der Waals surface area (Å²) in [6.07, 6.45) is 5.47. The Labute approximate surface area is 135 Å². The van der Waals surface area contributed by atoms with Gasteiger partial charge in [-0.1, -0.05) is 42.1 Å². The number of ether oxygens (including phenoxy) is 2. The molecule has 0 saturated heterocycles. The molecule has 1 aromatic rings. The van der Waals surface area contributed by atoms with Crippen molar-refractivity contribution >= 4 is 15.9 Å². The summed E-state index contributed by atoms with van der Waals surface area (Å²) < 4.78 is 11.5. The molecule has 2 rings (SSSR count). The summed E-state index contributed by atoms with van der Waals surface area (Å²) in [5.41, 5.74) is 0.898. The SMILES string of the molecule is CCC1CCCC(C(O)c2cc(OC)c(OC)cc2Br)C1. The lowest BCUT2D eigenvalue weighted by Gasteiger charge is -2.32. The van der Waals surface area contributed by atoms with Crippen LogP contribution in [0.15, 0.2) is 16.6 Å². The lowest BCUT2D eigenvalue weighted by molar-refractivity contribution is 0.0670. The number of aliphatic hydroxyl groups excluding tert-OH is 1. The third-order valence-corrected chi connectivity index (χ3v) is 5.36. The molecule has 3 unspecified atom stereocenters. The van der Waals surface area contributed by atoms with Crippen molar-refractivity contribution in [3.63, 3.8) is 0 Å². The summed E-state index contributed by atoms with van der Waals surface area (Å²) in [5.74, 6) is 2.42. The molecule has 1 aliphatic carbocycles. The Kier molecular flexibility index (Phi) is 5.94. The second-order valence-corrected chi connectivity index (χ2v) is 6.73. The average molecular weight is 357 g/mol. The topological polar surface area (TPSA) is 38.7 Å². The minimum Gasteiger partial charge on any atom is -0.493 e. The Morgan fingerprint density at radius 2 is 1.90 bits per heavy atom. The van der Waals surface area contributed by atoms with Crippen molar-refractivity contribution in [3.05, 3.63) is 22.2 Å². The van der Waals surface area contributed by atoms with Crippen LogP contribution in [0.1, 0.15) is 50.7 Å². The van der Waals surface area contributed by atoms with Crippen LogP contribution in [0.2, 0.25) is 0 Å². The van der Waals surface area contributed by atoms with E-state index in [1.54, 1.807) is 14.2 Å². The summed E-state index contributed by atoms with van der Waals surface area (Å²) in [5, 5.41) is 10.8. The fourth-order valence-electron chi connectivity index (χ4n) is 3.34. The van der Waals surface area contributed by atoms with Gasteiger partial charge in [-0.05, 0) is 42.4 Å². The molecule has 1 saturated carbocycles. The lowest BCUT2D eigenvalue weighted by atomic mass is 9.76. The smallest absolute Gasteiger partial charge is 0.161 e. The number of methoxy groups -OCH3 is 2. The van der Waals surface area contributed by atoms with Crippen LogP contribution in [0.25, 0.3) is 0 Å². The minimum absolute atomic E-state index is 0.332. The molecule has 0 aromatic heterocycles. The molecule has 3 nitrogen and oxygen atoms in total. The predicted molar refractivity (Wildman–Crippen MR) is 87.9 cm³/mol. The summed E-state index contributed by atoms with van der Waals surface area (Å²) in [6, 6.07) is 3.76. The van der Waals surface area contributed by atoms with E-state index in [0.717, 1.165) is 28.8 Å². The molecule has 3 atom stereocenters. The van der Waals surface area contributed by atoms with Gasteiger partial charge >= 0.3 is 0 Å². The first-order valence-corrected chi connectivity index (χ1v) is 8.49. The highest BCUT2D eigenvalue weighted by Crippen LogP contribution is 2.43. The van der Waals surface area contributed by atoms with E-state index in [2.05, 4.69) is 22.9 Å². The number of benzene rings is 1. The van der Waals surface area contributed by atoms with Crippen LogP contribution >= 0.6 is 15.9 Å². The Morgan fingerprint density at radius 3 is 2.52 bits per heavy atom. The van der Waals surface area contributed by atoms with Gasteiger partial charge in [0.1, 0.15) is 0 Å². The highest BCUT2D eigenvalue weighted by atomic mass is 79.9. The van der Waals surface area contributed by atoms with Gasteiger partial charge in [-0.15, -0.1) is 0 Å². The normalized spacial score (nSPS) is 23.7. The standard InChI is InChI=1S/C17H25BrO3/c1-4-11-6-5-7-12(8-11)17(19)13-9-15(20-2)16(21-3)10-14(13)18/h9-12,17,19H,4-8H2,1-3H3. The molecule has 1 fully saturated rings. The van der Waals surface area contributed by atoms with Crippen molar-refractivity contribution in [1.82, 2.24) is 0 Å². The highest BCUT2D eigenvalue weighted by Gasteiger charge is 2.29. The molecule has 0 amide bonds. The lowest BCUT2D eigenvalue weighted by Crippen LogP contribution is -2.21. The van der Waals surface area contributed by atoms with Crippen LogP contribution in [0, 0.1) is 11.8 Å². The van der Waals surface area contributed by atoms with E-state index in [1.807, 2.05) is 12.1 Å². The van der Waals surface area contributed by atoms with E-state index in [0.29, 0.717) is 17.4 Å². The molecule has 1 aliphatic rings. The third kappa shape index (κ3) is 3.72. The molecule has 21 heavy (non-hydrogen) atoms. The van der Waals surface area contributed by atoms with Gasteiger partial charge in [0.05, 0.1) is 20.3 Å². The fraction of sp³-hybridized carbons (Fsp3) is 0.647. The highest BCUT2D eigenvalue weighted by molar-refractivity contribution is 9.10.